The van der Waals surface area contributed by atoms with Crippen molar-refractivity contribution < 1.29 is 12.8 Å². The number of para-hydroxylation sites is 1. The molecule has 0 unspecified atom stereocenters. The van der Waals surface area contributed by atoms with E-state index in [9.17, 15) is 8.42 Å². The lowest BCUT2D eigenvalue weighted by atomic mass is 10.2. The number of anilines is 2. The highest BCUT2D eigenvalue weighted by atomic mass is 35.5. The molecule has 11 heteroatoms. The molecule has 0 aliphatic heterocycles. The highest BCUT2D eigenvalue weighted by molar-refractivity contribution is 7.89. The maximum atomic E-state index is 13.3. The van der Waals surface area contributed by atoms with E-state index in [0.717, 1.165) is 4.31 Å². The molecule has 0 fully saturated rings. The molecule has 0 aliphatic rings. The minimum Gasteiger partial charge on any atom is -0.541 e. The van der Waals surface area contributed by atoms with E-state index in [0.29, 0.717) is 16.4 Å². The molecule has 0 aromatic heterocycles. The summed E-state index contributed by atoms with van der Waals surface area (Å²) in [6.45, 7) is 10.2. The zero-order valence-corrected chi connectivity index (χ0v) is 23.4. The second-order valence-electron chi connectivity index (χ2n) is 9.00. The van der Waals surface area contributed by atoms with Gasteiger partial charge in [0.05, 0.1) is 21.4 Å². The van der Waals surface area contributed by atoms with Crippen LogP contribution in [0.25, 0.3) is 0 Å². The molecule has 0 atom stereocenters. The van der Waals surface area contributed by atoms with Crippen molar-refractivity contribution in [2.75, 3.05) is 19.0 Å². The van der Waals surface area contributed by atoms with Gasteiger partial charge in [0, 0.05) is 14.1 Å². The second kappa shape index (κ2) is 9.48. The summed E-state index contributed by atoms with van der Waals surface area (Å²) < 4.78 is 34.3. The Bertz CT molecular complexity index is 1130. The number of halogens is 2. The molecular formula is C21H29Cl2N3O3S2Si. The first-order chi connectivity index (χ1) is 14.5. The Labute approximate surface area is 207 Å². The summed E-state index contributed by atoms with van der Waals surface area (Å²) in [5, 5.41) is 0.196. The highest BCUT2D eigenvalue weighted by Gasteiger charge is 2.42. The average molecular weight is 535 g/mol. The Balaban J connectivity index is 2.98. The Hall–Kier alpha value is -1.36. The SMILES string of the molecule is CN(C)S(=O)(=O)c1c(Cl)ccc(N(C(N)=S)c2ccccc2Cl)c1O[Si](C)(C)C(C)(C)C. The van der Waals surface area contributed by atoms with Crippen LogP contribution < -0.4 is 15.1 Å². The van der Waals surface area contributed by atoms with Gasteiger partial charge < -0.3 is 10.2 Å². The quantitative estimate of drug-likeness (QED) is 0.361. The lowest BCUT2D eigenvalue weighted by Crippen LogP contribution is -2.45. The van der Waals surface area contributed by atoms with Crippen LogP contribution in [0.1, 0.15) is 20.8 Å². The minimum absolute atomic E-state index is 0.0197. The van der Waals surface area contributed by atoms with Gasteiger partial charge in [-0.1, -0.05) is 56.1 Å². The number of nitrogens with two attached hydrogens (primary N) is 1. The van der Waals surface area contributed by atoms with Gasteiger partial charge >= 0.3 is 0 Å². The van der Waals surface area contributed by atoms with Crippen molar-refractivity contribution in [2.45, 2.75) is 43.8 Å². The van der Waals surface area contributed by atoms with Crippen LogP contribution in [-0.2, 0) is 10.0 Å². The van der Waals surface area contributed by atoms with Crippen molar-refractivity contribution in [1.82, 2.24) is 4.31 Å². The van der Waals surface area contributed by atoms with Crippen LogP contribution in [0.2, 0.25) is 28.2 Å². The van der Waals surface area contributed by atoms with Crippen molar-refractivity contribution >= 4 is 70.2 Å². The first kappa shape index (κ1) is 26.9. The summed E-state index contributed by atoms with van der Waals surface area (Å²) in [6.07, 6.45) is 0. The fourth-order valence-electron chi connectivity index (χ4n) is 2.63. The van der Waals surface area contributed by atoms with Gasteiger partial charge in [-0.05, 0) is 54.6 Å². The molecule has 0 saturated heterocycles. The van der Waals surface area contributed by atoms with Crippen LogP contribution >= 0.6 is 35.4 Å². The third kappa shape index (κ3) is 5.24. The molecule has 32 heavy (non-hydrogen) atoms. The first-order valence-corrected chi connectivity index (χ1v) is 15.3. The number of hydrogen-bond acceptors (Lipinski definition) is 4. The zero-order valence-electron chi connectivity index (χ0n) is 19.2. The molecule has 176 valence electrons. The minimum atomic E-state index is -3.98. The lowest BCUT2D eigenvalue weighted by Gasteiger charge is -2.39. The summed E-state index contributed by atoms with van der Waals surface area (Å²) in [5.74, 6) is 0.102. The predicted molar refractivity (Wildman–Crippen MR) is 141 cm³/mol. The lowest BCUT2D eigenvalue weighted by molar-refractivity contribution is 0.473. The first-order valence-electron chi connectivity index (χ1n) is 9.80. The van der Waals surface area contributed by atoms with Gasteiger partial charge in [0.15, 0.2) is 5.11 Å². The Morgan fingerprint density at radius 1 is 1.03 bits per heavy atom. The fourth-order valence-corrected chi connectivity index (χ4v) is 5.65. The molecule has 0 radical (unpaired) electrons. The van der Waals surface area contributed by atoms with Crippen molar-refractivity contribution in [3.8, 4) is 5.75 Å². The Morgan fingerprint density at radius 3 is 2.06 bits per heavy atom. The van der Waals surface area contributed by atoms with Crippen molar-refractivity contribution in [3.63, 3.8) is 0 Å². The maximum absolute atomic E-state index is 13.3. The van der Waals surface area contributed by atoms with E-state index in [-0.39, 0.29) is 25.8 Å². The molecule has 2 aromatic carbocycles. The van der Waals surface area contributed by atoms with Gasteiger partial charge in [0.25, 0.3) is 8.32 Å². The Kier molecular flexibility index (Phi) is 7.96. The third-order valence-corrected chi connectivity index (χ3v) is 12.6. The van der Waals surface area contributed by atoms with Crippen molar-refractivity contribution in [3.05, 3.63) is 46.4 Å². The molecule has 0 bridgehead atoms. The maximum Gasteiger partial charge on any atom is 0.250 e. The number of nitrogens with zero attached hydrogens (tertiary/aromatic N) is 2. The molecule has 0 spiro atoms. The van der Waals surface area contributed by atoms with E-state index in [1.165, 1.54) is 25.1 Å². The van der Waals surface area contributed by atoms with E-state index in [1.807, 2.05) is 13.1 Å². The van der Waals surface area contributed by atoms with E-state index >= 15 is 0 Å². The summed E-state index contributed by atoms with van der Waals surface area (Å²) in [5.41, 5.74) is 6.95. The van der Waals surface area contributed by atoms with Crippen LogP contribution in [0.5, 0.6) is 5.75 Å². The van der Waals surface area contributed by atoms with Gasteiger partial charge in [-0.2, -0.15) is 0 Å². The van der Waals surface area contributed by atoms with Crippen LogP contribution in [0, 0.1) is 0 Å². The summed E-state index contributed by atoms with van der Waals surface area (Å²) in [6, 6.07) is 10.1. The van der Waals surface area contributed by atoms with Crippen LogP contribution in [0.15, 0.2) is 41.3 Å². The standard InChI is InChI=1S/C21H29Cl2N3O3S2Si/c1-21(2,3)32(6,7)29-18-17(13-12-15(23)19(18)31(27,28)25(4)5)26(20(24)30)16-11-9-8-10-14(16)22/h8-13H,1-7H3,(H2,24,30). The largest absolute Gasteiger partial charge is 0.541 e. The second-order valence-corrected chi connectivity index (χ2v) is 17.0. The third-order valence-electron chi connectivity index (χ3n) is 5.50. The van der Waals surface area contributed by atoms with Crippen LogP contribution in [-0.4, -0.2) is 40.2 Å². The molecule has 2 N–H and O–H groups in total. The average Bonchev–Trinajstić information content (AvgIpc) is 2.63. The molecule has 2 rings (SSSR count). The molecule has 6 nitrogen and oxygen atoms in total. The highest BCUT2D eigenvalue weighted by Crippen LogP contribution is 2.48. The molecule has 0 saturated carbocycles. The monoisotopic (exact) mass is 533 g/mol. The molecular weight excluding hydrogens is 505 g/mol. The number of benzene rings is 2. The predicted octanol–water partition coefficient (Wildman–Crippen LogP) is 6.01. The number of sulfonamides is 1. The molecule has 0 amide bonds. The zero-order chi connectivity index (χ0) is 24.6. The summed E-state index contributed by atoms with van der Waals surface area (Å²) in [7, 11) is -3.62. The Morgan fingerprint density at radius 2 is 1.59 bits per heavy atom. The molecule has 2 aromatic rings. The van der Waals surface area contributed by atoms with Crippen molar-refractivity contribution in [1.29, 1.82) is 0 Å². The molecule has 0 aliphatic carbocycles. The van der Waals surface area contributed by atoms with Gasteiger partial charge in [-0.15, -0.1) is 0 Å². The van der Waals surface area contributed by atoms with E-state index in [2.05, 4.69) is 20.8 Å². The number of rotatable bonds is 6. The topological polar surface area (TPSA) is 75.9 Å². The fraction of sp³-hybridized carbons (Fsp3) is 0.381. The normalized spacial score (nSPS) is 12.7. The van der Waals surface area contributed by atoms with Gasteiger partial charge in [0.2, 0.25) is 10.0 Å². The number of hydrogen-bond donors (Lipinski definition) is 1. The number of thiocarbonyl (C=S) groups is 1. The van der Waals surface area contributed by atoms with Gasteiger partial charge in [0.1, 0.15) is 10.6 Å². The molecule has 0 heterocycles. The van der Waals surface area contributed by atoms with Crippen LogP contribution in [0.3, 0.4) is 0 Å². The van der Waals surface area contributed by atoms with Gasteiger partial charge in [-0.25, -0.2) is 12.7 Å². The summed E-state index contributed by atoms with van der Waals surface area (Å²) >= 11 is 18.2. The summed E-state index contributed by atoms with van der Waals surface area (Å²) in [4.78, 5) is 1.37. The van der Waals surface area contributed by atoms with E-state index in [1.54, 1.807) is 30.3 Å². The van der Waals surface area contributed by atoms with E-state index < -0.39 is 18.3 Å². The van der Waals surface area contributed by atoms with Crippen molar-refractivity contribution in [2.24, 2.45) is 5.73 Å². The van der Waals surface area contributed by atoms with Gasteiger partial charge in [-0.3, -0.25) is 4.90 Å². The van der Waals surface area contributed by atoms with Crippen LogP contribution in [0.4, 0.5) is 11.4 Å². The smallest absolute Gasteiger partial charge is 0.250 e. The van der Waals surface area contributed by atoms with E-state index in [4.69, 9.17) is 45.6 Å².